The summed E-state index contributed by atoms with van der Waals surface area (Å²) in [6.45, 7) is 3.14. The Balaban J connectivity index is 2.16. The molecule has 1 aliphatic rings. The molecule has 6 heteroatoms. The Kier molecular flexibility index (Phi) is 5.51. The van der Waals surface area contributed by atoms with Crippen molar-refractivity contribution >= 4 is 5.97 Å². The fourth-order valence-electron chi connectivity index (χ4n) is 1.95. The summed E-state index contributed by atoms with van der Waals surface area (Å²) in [5.74, 6) is 12.4. The fraction of sp³-hybridized carbons (Fsp3) is 0.278. The van der Waals surface area contributed by atoms with E-state index in [1.54, 1.807) is 43.7 Å². The van der Waals surface area contributed by atoms with Gasteiger partial charge in [0, 0.05) is 13.1 Å². The molecule has 126 valence electrons. The third-order valence-electron chi connectivity index (χ3n) is 3.33. The molecule has 2 unspecified atom stereocenters. The van der Waals surface area contributed by atoms with Crippen molar-refractivity contribution in [3.8, 4) is 23.3 Å². The molecule has 0 radical (unpaired) electrons. The van der Waals surface area contributed by atoms with Crippen molar-refractivity contribution in [3.05, 3.63) is 48.7 Å². The molecule has 0 saturated carbocycles. The summed E-state index contributed by atoms with van der Waals surface area (Å²) in [6, 6.07) is 6.89. The molecule has 0 fully saturated rings. The van der Waals surface area contributed by atoms with Crippen LogP contribution in [-0.4, -0.2) is 29.9 Å². The Bertz CT molecular complexity index is 700. The lowest BCUT2D eigenvalue weighted by Gasteiger charge is -2.31. The molecule has 24 heavy (non-hydrogen) atoms. The van der Waals surface area contributed by atoms with Crippen molar-refractivity contribution in [3.63, 3.8) is 0 Å². The van der Waals surface area contributed by atoms with E-state index in [0.717, 1.165) is 0 Å². The van der Waals surface area contributed by atoms with E-state index in [2.05, 4.69) is 11.8 Å². The van der Waals surface area contributed by atoms with Crippen LogP contribution in [0.4, 0.5) is 0 Å². The molecule has 1 aromatic carbocycles. The van der Waals surface area contributed by atoms with E-state index in [1.807, 2.05) is 19.1 Å². The largest absolute Gasteiger partial charge is 0.497 e. The van der Waals surface area contributed by atoms with Crippen molar-refractivity contribution < 1.29 is 19.0 Å². The van der Waals surface area contributed by atoms with Crippen LogP contribution in [0, 0.1) is 11.8 Å². The molecule has 0 aliphatic carbocycles. The van der Waals surface area contributed by atoms with Crippen molar-refractivity contribution in [2.75, 3.05) is 7.11 Å². The van der Waals surface area contributed by atoms with Crippen molar-refractivity contribution in [1.82, 2.24) is 5.01 Å². The van der Waals surface area contributed by atoms with E-state index in [4.69, 9.17) is 20.1 Å². The van der Waals surface area contributed by atoms with Gasteiger partial charge in [-0.25, -0.2) is 5.84 Å². The van der Waals surface area contributed by atoms with Crippen LogP contribution in [0.3, 0.4) is 0 Å². The van der Waals surface area contributed by atoms with Crippen LogP contribution >= 0.6 is 0 Å². The highest BCUT2D eigenvalue weighted by Crippen LogP contribution is 2.19. The smallest absolute Gasteiger partial charge is 0.308 e. The zero-order valence-electron chi connectivity index (χ0n) is 13.9. The maximum atomic E-state index is 11.3. The number of methoxy groups -OCH3 is 1. The van der Waals surface area contributed by atoms with Gasteiger partial charge in [0.2, 0.25) is 0 Å². The number of esters is 1. The molecule has 1 aliphatic heterocycles. The van der Waals surface area contributed by atoms with Gasteiger partial charge in [0.15, 0.2) is 0 Å². The molecule has 0 bridgehead atoms. The first-order valence-corrected chi connectivity index (χ1v) is 7.33. The molecule has 1 aromatic rings. The molecule has 0 aromatic heterocycles. The molecule has 0 spiro atoms. The molecular formula is C18H20N2O4. The SMILES string of the molecule is COc1ccc(OC(C#CC2(C)C=CC=CN2N)OC(C)=O)cc1. The Morgan fingerprint density at radius 2 is 1.92 bits per heavy atom. The van der Waals surface area contributed by atoms with E-state index >= 15 is 0 Å². The topological polar surface area (TPSA) is 74.0 Å². The van der Waals surface area contributed by atoms with Crippen LogP contribution in [-0.2, 0) is 9.53 Å². The number of hydrogen-bond donors (Lipinski definition) is 1. The van der Waals surface area contributed by atoms with Crippen LogP contribution in [0.2, 0.25) is 0 Å². The Morgan fingerprint density at radius 1 is 1.25 bits per heavy atom. The molecule has 2 N–H and O–H groups in total. The molecule has 0 amide bonds. The lowest BCUT2D eigenvalue weighted by Crippen LogP contribution is -2.46. The highest BCUT2D eigenvalue weighted by atomic mass is 16.7. The Hall–Kier alpha value is -2.91. The van der Waals surface area contributed by atoms with Gasteiger partial charge in [0.25, 0.3) is 0 Å². The van der Waals surface area contributed by atoms with E-state index in [1.165, 1.54) is 11.9 Å². The van der Waals surface area contributed by atoms with E-state index in [-0.39, 0.29) is 0 Å². The summed E-state index contributed by atoms with van der Waals surface area (Å²) >= 11 is 0. The van der Waals surface area contributed by atoms with Crippen molar-refractivity contribution in [1.29, 1.82) is 0 Å². The van der Waals surface area contributed by atoms with Gasteiger partial charge in [-0.2, -0.15) is 0 Å². The first kappa shape index (κ1) is 17.4. The van der Waals surface area contributed by atoms with E-state index in [9.17, 15) is 4.79 Å². The molecule has 1 heterocycles. The normalized spacial score (nSPS) is 19.9. The standard InChI is InChI=1S/C18H20N2O4/c1-14(21)23-17(24-16-8-6-15(22-3)7-9-16)10-12-18(2)11-4-5-13-20(18)19/h4-9,11,13,17H,19H2,1-3H3. The first-order chi connectivity index (χ1) is 11.4. The monoisotopic (exact) mass is 328 g/mol. The molecular weight excluding hydrogens is 308 g/mol. The van der Waals surface area contributed by atoms with Gasteiger partial charge < -0.3 is 14.2 Å². The zero-order valence-corrected chi connectivity index (χ0v) is 13.9. The number of nitrogens with two attached hydrogens (primary N) is 1. The summed E-state index contributed by atoms with van der Waals surface area (Å²) in [5, 5.41) is 1.47. The zero-order chi connectivity index (χ0) is 17.6. The van der Waals surface area contributed by atoms with Gasteiger partial charge in [-0.3, -0.25) is 9.80 Å². The van der Waals surface area contributed by atoms with Gasteiger partial charge in [-0.1, -0.05) is 12.0 Å². The quantitative estimate of drug-likeness (QED) is 0.394. The van der Waals surface area contributed by atoms with Crippen LogP contribution in [0.1, 0.15) is 13.8 Å². The van der Waals surface area contributed by atoms with Crippen LogP contribution in [0.25, 0.3) is 0 Å². The number of carbonyl (C=O) groups excluding carboxylic acids is 1. The van der Waals surface area contributed by atoms with Crippen LogP contribution < -0.4 is 15.3 Å². The minimum absolute atomic E-state index is 0.489. The average Bonchev–Trinajstić information content (AvgIpc) is 2.56. The maximum absolute atomic E-state index is 11.3. The minimum Gasteiger partial charge on any atom is -0.497 e. The lowest BCUT2D eigenvalue weighted by atomic mass is 10.00. The number of carbonyl (C=O) groups is 1. The van der Waals surface area contributed by atoms with Crippen molar-refractivity contribution in [2.45, 2.75) is 25.7 Å². The van der Waals surface area contributed by atoms with Gasteiger partial charge in [0.1, 0.15) is 17.0 Å². The summed E-state index contributed by atoms with van der Waals surface area (Å²) in [6.07, 6.45) is 6.17. The first-order valence-electron chi connectivity index (χ1n) is 7.33. The fourth-order valence-corrected chi connectivity index (χ4v) is 1.95. The second-order valence-corrected chi connectivity index (χ2v) is 5.26. The van der Waals surface area contributed by atoms with Crippen LogP contribution in [0.5, 0.6) is 11.5 Å². The highest BCUT2D eigenvalue weighted by molar-refractivity contribution is 5.66. The highest BCUT2D eigenvalue weighted by Gasteiger charge is 2.24. The number of benzene rings is 1. The summed E-state index contributed by atoms with van der Waals surface area (Å²) in [5.41, 5.74) is -0.712. The third kappa shape index (κ3) is 4.54. The second kappa shape index (κ2) is 7.57. The molecule has 2 rings (SSSR count). The number of nitrogens with zero attached hydrogens (tertiary/aromatic N) is 1. The Morgan fingerprint density at radius 3 is 2.50 bits per heavy atom. The maximum Gasteiger partial charge on any atom is 0.308 e. The number of hydrogen-bond acceptors (Lipinski definition) is 6. The number of allylic oxidation sites excluding steroid dienone is 2. The van der Waals surface area contributed by atoms with Crippen molar-refractivity contribution in [2.24, 2.45) is 5.84 Å². The molecule has 6 nitrogen and oxygen atoms in total. The summed E-state index contributed by atoms with van der Waals surface area (Å²) in [4.78, 5) is 11.3. The number of rotatable bonds is 4. The molecule has 0 saturated heterocycles. The Labute approximate surface area is 141 Å². The van der Waals surface area contributed by atoms with Gasteiger partial charge in [0.05, 0.1) is 7.11 Å². The van der Waals surface area contributed by atoms with Gasteiger partial charge >= 0.3 is 12.3 Å². The predicted molar refractivity (Wildman–Crippen MR) is 89.7 cm³/mol. The van der Waals surface area contributed by atoms with Crippen LogP contribution in [0.15, 0.2) is 48.7 Å². The predicted octanol–water partition coefficient (Wildman–Crippen LogP) is 1.98. The van der Waals surface area contributed by atoms with Gasteiger partial charge in [-0.05, 0) is 49.3 Å². The minimum atomic E-state index is -1.04. The number of hydrazine groups is 1. The summed E-state index contributed by atoms with van der Waals surface area (Å²) in [7, 11) is 1.58. The van der Waals surface area contributed by atoms with Gasteiger partial charge in [-0.15, -0.1) is 0 Å². The van der Waals surface area contributed by atoms with E-state index in [0.29, 0.717) is 11.5 Å². The second-order valence-electron chi connectivity index (χ2n) is 5.26. The third-order valence-corrected chi connectivity index (χ3v) is 3.33. The number of ether oxygens (including phenoxy) is 3. The van der Waals surface area contributed by atoms with E-state index < -0.39 is 17.8 Å². The summed E-state index contributed by atoms with van der Waals surface area (Å²) < 4.78 is 15.8. The average molecular weight is 328 g/mol. The molecule has 2 atom stereocenters. The lowest BCUT2D eigenvalue weighted by molar-refractivity contribution is -0.154.